The van der Waals surface area contributed by atoms with Crippen LogP contribution in [0.2, 0.25) is 0 Å². The quantitative estimate of drug-likeness (QED) is 0.399. The summed E-state index contributed by atoms with van der Waals surface area (Å²) in [6.45, 7) is 0. The number of nitrogens with one attached hydrogen (secondary N) is 1. The van der Waals surface area contributed by atoms with Crippen LogP contribution < -0.4 is 5.23 Å². The van der Waals surface area contributed by atoms with Crippen molar-refractivity contribution in [3.63, 3.8) is 0 Å². The Balaban J connectivity index is 3.34. The van der Waals surface area contributed by atoms with Gasteiger partial charge in [0.2, 0.25) is 0 Å². The molecule has 0 heterocycles. The van der Waals surface area contributed by atoms with E-state index in [1.54, 1.807) is 0 Å². The van der Waals surface area contributed by atoms with Gasteiger partial charge in [0.25, 0.3) is 0 Å². The summed E-state index contributed by atoms with van der Waals surface area (Å²) in [5.74, 6) is -2.32. The predicted octanol–water partition coefficient (Wildman–Crippen LogP) is -1.76. The Kier molecular flexibility index (Phi) is 2.52. The lowest BCUT2D eigenvalue weighted by Gasteiger charge is -2.00. The molecule has 0 bridgehead atoms. The normalized spacial score (nSPS) is 13.1. The van der Waals surface area contributed by atoms with Gasteiger partial charge in [0.05, 0.1) is 5.94 Å². The highest BCUT2D eigenvalue weighted by Crippen LogP contribution is 1.67. The van der Waals surface area contributed by atoms with Gasteiger partial charge in [-0.1, -0.05) is 0 Å². The molecule has 0 amide bonds. The van der Waals surface area contributed by atoms with Crippen molar-refractivity contribution in [1.82, 2.24) is 5.23 Å². The van der Waals surface area contributed by atoms with Crippen LogP contribution in [0.15, 0.2) is 0 Å². The summed E-state index contributed by atoms with van der Waals surface area (Å²) in [7, 11) is 9.40. The molecule has 7 heavy (non-hydrogen) atoms. The Morgan fingerprint density at radius 3 is 2.29 bits per heavy atom. The molecule has 0 aromatic carbocycles. The van der Waals surface area contributed by atoms with Gasteiger partial charge in [0, 0.05) is 0 Å². The molecule has 0 rings (SSSR count). The molecule has 34 valence electrons. The zero-order valence-electron chi connectivity index (χ0n) is 3.59. The molecule has 4 radical (unpaired) electrons. The summed E-state index contributed by atoms with van der Waals surface area (Å²) >= 11 is 0. The molecule has 0 fully saturated rings. The van der Waals surface area contributed by atoms with E-state index in [-0.39, 0.29) is 0 Å². The molecule has 1 unspecified atom stereocenters. The predicted molar refractivity (Wildman–Crippen MR) is 26.1 cm³/mol. The summed E-state index contributed by atoms with van der Waals surface area (Å²) in [4.78, 5) is 9.66. The van der Waals surface area contributed by atoms with E-state index in [1.165, 1.54) is 0 Å². The van der Waals surface area contributed by atoms with Gasteiger partial charge in [-0.2, -0.15) is 0 Å². The third-order valence-electron chi connectivity index (χ3n) is 0.446. The van der Waals surface area contributed by atoms with Crippen molar-refractivity contribution < 1.29 is 9.90 Å². The van der Waals surface area contributed by atoms with Gasteiger partial charge < -0.3 is 10.3 Å². The van der Waals surface area contributed by atoms with Gasteiger partial charge in [-0.15, -0.1) is 0 Å². The van der Waals surface area contributed by atoms with E-state index in [4.69, 9.17) is 13.0 Å². The van der Waals surface area contributed by atoms with E-state index in [1.807, 2.05) is 5.23 Å². The molecule has 0 aliphatic rings. The second-order valence-corrected chi connectivity index (χ2v) is 0.983. The first-order valence-electron chi connectivity index (χ1n) is 1.63. The number of rotatable bonds is 2. The monoisotopic (exact) mass is 95.0 g/mol. The third-order valence-corrected chi connectivity index (χ3v) is 0.446. The van der Waals surface area contributed by atoms with Crippen LogP contribution in [0.1, 0.15) is 0 Å². The number of hydrogen-bond acceptors (Lipinski definition) is 2. The van der Waals surface area contributed by atoms with Crippen LogP contribution in [0, 0.1) is 0 Å². The Labute approximate surface area is 43.9 Å². The van der Waals surface area contributed by atoms with Crippen molar-refractivity contribution in [3.05, 3.63) is 0 Å². The lowest BCUT2D eigenvalue weighted by Crippen LogP contribution is -2.34. The highest BCUT2D eigenvalue weighted by Gasteiger charge is 2.03. The topological polar surface area (TPSA) is 49.3 Å². The van der Waals surface area contributed by atoms with E-state index in [0.29, 0.717) is 0 Å². The van der Waals surface area contributed by atoms with E-state index < -0.39 is 11.9 Å². The van der Waals surface area contributed by atoms with Crippen molar-refractivity contribution in [2.45, 2.75) is 5.94 Å². The van der Waals surface area contributed by atoms with E-state index in [0.717, 1.165) is 0 Å². The Morgan fingerprint density at radius 1 is 1.86 bits per heavy atom. The standard InChI is InChI=1S/C2H3B2NO2/c3-1(5-4)2(6)7/h1,5H,(H,6,7). The van der Waals surface area contributed by atoms with Crippen molar-refractivity contribution in [1.29, 1.82) is 0 Å². The van der Waals surface area contributed by atoms with Crippen molar-refractivity contribution in [2.24, 2.45) is 0 Å². The van der Waals surface area contributed by atoms with E-state index in [9.17, 15) is 4.79 Å². The van der Waals surface area contributed by atoms with Gasteiger partial charge in [0.15, 0.2) is 7.98 Å². The van der Waals surface area contributed by atoms with Gasteiger partial charge in [-0.05, 0) is 0 Å². The first-order valence-corrected chi connectivity index (χ1v) is 1.63. The molecule has 1 atom stereocenters. The summed E-state index contributed by atoms with van der Waals surface area (Å²) in [5, 5.41) is 9.76. The Hall–Kier alpha value is -0.440. The van der Waals surface area contributed by atoms with E-state index >= 15 is 0 Å². The second-order valence-electron chi connectivity index (χ2n) is 0.983. The molecule has 0 saturated heterocycles. The molecule has 5 heteroatoms. The zero-order valence-corrected chi connectivity index (χ0v) is 3.59. The molecular weight excluding hydrogens is 91.7 g/mol. The summed E-state index contributed by atoms with van der Waals surface area (Å²) in [5.41, 5.74) is 0. The number of carboxylic acids is 1. The number of hydrogen-bond donors (Lipinski definition) is 2. The highest BCUT2D eigenvalue weighted by atomic mass is 16.4. The van der Waals surface area contributed by atoms with Gasteiger partial charge in [-0.3, -0.25) is 4.79 Å². The van der Waals surface area contributed by atoms with Crippen molar-refractivity contribution >= 4 is 21.8 Å². The largest absolute Gasteiger partial charge is 0.481 e. The average molecular weight is 94.7 g/mol. The van der Waals surface area contributed by atoms with E-state index in [2.05, 4.69) is 7.98 Å². The average Bonchev–Trinajstić information content (AvgIpc) is 1.65. The van der Waals surface area contributed by atoms with Crippen LogP contribution in [-0.4, -0.2) is 32.8 Å². The van der Waals surface area contributed by atoms with Crippen molar-refractivity contribution in [3.8, 4) is 0 Å². The van der Waals surface area contributed by atoms with Crippen LogP contribution in [0.4, 0.5) is 0 Å². The Morgan fingerprint density at radius 2 is 2.29 bits per heavy atom. The SMILES string of the molecule is [B]NC([B])C(=O)O. The molecule has 0 aliphatic carbocycles. The fraction of sp³-hybridized carbons (Fsp3) is 0.500. The number of aliphatic carboxylic acids is 1. The second kappa shape index (κ2) is 2.69. The summed E-state index contributed by atoms with van der Waals surface area (Å²) in [6.07, 6.45) is 0. The maximum absolute atomic E-state index is 9.66. The molecule has 0 spiro atoms. The van der Waals surface area contributed by atoms with Crippen LogP contribution in [0.3, 0.4) is 0 Å². The molecule has 0 saturated carbocycles. The smallest absolute Gasteiger partial charge is 0.310 e. The van der Waals surface area contributed by atoms with Crippen molar-refractivity contribution in [2.75, 3.05) is 0 Å². The van der Waals surface area contributed by atoms with Gasteiger partial charge >= 0.3 is 5.97 Å². The first kappa shape index (κ1) is 6.56. The van der Waals surface area contributed by atoms with Crippen LogP contribution in [0.5, 0.6) is 0 Å². The number of carbonyl (C=O) groups is 1. The zero-order chi connectivity index (χ0) is 5.86. The minimum absolute atomic E-state index is 1.15. The van der Waals surface area contributed by atoms with Gasteiger partial charge in [0.1, 0.15) is 7.85 Å². The Bertz CT molecular complexity index is 76.1. The first-order chi connectivity index (χ1) is 3.18. The minimum atomic E-state index is -1.16. The molecule has 0 aromatic heterocycles. The lowest BCUT2D eigenvalue weighted by atomic mass is 9.95. The van der Waals surface area contributed by atoms with Gasteiger partial charge in [-0.25, -0.2) is 0 Å². The van der Waals surface area contributed by atoms with Crippen LogP contribution in [0.25, 0.3) is 0 Å². The molecule has 2 N–H and O–H groups in total. The fourth-order valence-corrected chi connectivity index (χ4v) is 0.0713. The highest BCUT2D eigenvalue weighted by molar-refractivity contribution is 6.25. The molecular formula is C2H3B2NO2. The molecule has 0 aliphatic heterocycles. The maximum atomic E-state index is 9.66. The summed E-state index contributed by atoms with van der Waals surface area (Å²) in [6, 6.07) is 0. The molecule has 0 aromatic rings. The van der Waals surface area contributed by atoms with Crippen LogP contribution >= 0.6 is 0 Å². The third kappa shape index (κ3) is 2.28. The number of carboxylic acid groups (broad SMARTS) is 1. The lowest BCUT2D eigenvalue weighted by molar-refractivity contribution is -0.136. The maximum Gasteiger partial charge on any atom is 0.310 e. The molecule has 3 nitrogen and oxygen atoms in total. The van der Waals surface area contributed by atoms with Crippen LogP contribution in [-0.2, 0) is 4.79 Å². The summed E-state index contributed by atoms with van der Waals surface area (Å²) < 4.78 is 0. The minimum Gasteiger partial charge on any atom is -0.481 e. The fourth-order valence-electron chi connectivity index (χ4n) is 0.0713.